The quantitative estimate of drug-likeness (QED) is 0.228. The summed E-state index contributed by atoms with van der Waals surface area (Å²) in [6.45, 7) is 2.04. The fraction of sp³-hybridized carbons (Fsp3) is 0.115. The molecule has 1 saturated heterocycles. The average Bonchev–Trinajstić information content (AvgIpc) is 3.38. The predicted molar refractivity (Wildman–Crippen MR) is 130 cm³/mol. The van der Waals surface area contributed by atoms with Crippen LogP contribution in [-0.4, -0.2) is 33.5 Å². The lowest BCUT2D eigenvalue weighted by atomic mass is 9.95. The molecule has 0 spiro atoms. The molecule has 35 heavy (non-hydrogen) atoms. The second-order valence-corrected chi connectivity index (χ2v) is 8.81. The van der Waals surface area contributed by atoms with Crippen molar-refractivity contribution >= 4 is 44.1 Å². The van der Waals surface area contributed by atoms with Gasteiger partial charge in [-0.1, -0.05) is 47.7 Å². The number of Topliss-reactive ketones (excluding diaryl/α,β-unsaturated/α-hetero) is 1. The van der Waals surface area contributed by atoms with E-state index in [1.807, 2.05) is 0 Å². The first-order valence-electron chi connectivity index (χ1n) is 10.8. The Morgan fingerprint density at radius 2 is 1.89 bits per heavy atom. The molecule has 2 heterocycles. The molecular formula is C26H19FN2O5S. The normalized spacial score (nSPS) is 17.3. The van der Waals surface area contributed by atoms with Gasteiger partial charge in [0.15, 0.2) is 16.6 Å². The van der Waals surface area contributed by atoms with Gasteiger partial charge in [0.05, 0.1) is 28.4 Å². The van der Waals surface area contributed by atoms with E-state index < -0.39 is 23.5 Å². The van der Waals surface area contributed by atoms with Gasteiger partial charge in [0.25, 0.3) is 5.78 Å². The first kappa shape index (κ1) is 22.5. The average molecular weight is 491 g/mol. The molecule has 1 aliphatic heterocycles. The summed E-state index contributed by atoms with van der Waals surface area (Å²) in [4.78, 5) is 32.2. The molecule has 1 fully saturated rings. The number of carbonyl (C=O) groups is 2. The Balaban J connectivity index is 1.74. The number of thiazole rings is 1. The smallest absolute Gasteiger partial charge is 0.301 e. The highest BCUT2D eigenvalue weighted by Gasteiger charge is 2.48. The molecule has 9 heteroatoms. The number of aromatic nitrogens is 1. The third-order valence-corrected chi connectivity index (χ3v) is 6.65. The number of aromatic hydroxyl groups is 1. The van der Waals surface area contributed by atoms with Gasteiger partial charge >= 0.3 is 5.91 Å². The summed E-state index contributed by atoms with van der Waals surface area (Å²) in [5.41, 5.74) is 1.13. The first-order chi connectivity index (χ1) is 16.9. The topological polar surface area (TPSA) is 100.0 Å². The number of carbonyl (C=O) groups excluding carboxylic acids is 2. The molecule has 176 valence electrons. The van der Waals surface area contributed by atoms with Crippen molar-refractivity contribution in [3.63, 3.8) is 0 Å². The van der Waals surface area contributed by atoms with E-state index in [-0.39, 0.29) is 34.6 Å². The minimum absolute atomic E-state index is 0.105. The Hall–Kier alpha value is -4.24. The number of fused-ring (bicyclic) bond motifs is 1. The van der Waals surface area contributed by atoms with Crippen LogP contribution in [0.15, 0.2) is 72.3 Å². The van der Waals surface area contributed by atoms with Crippen LogP contribution in [0.3, 0.4) is 0 Å². The van der Waals surface area contributed by atoms with Crippen LogP contribution in [0, 0.1) is 5.82 Å². The number of aliphatic hydroxyl groups excluding tert-OH is 1. The van der Waals surface area contributed by atoms with E-state index >= 15 is 0 Å². The summed E-state index contributed by atoms with van der Waals surface area (Å²) in [6.07, 6.45) is 0. The van der Waals surface area contributed by atoms with Gasteiger partial charge in [-0.25, -0.2) is 9.37 Å². The van der Waals surface area contributed by atoms with Crippen LogP contribution in [0.2, 0.25) is 0 Å². The number of anilines is 1. The number of benzene rings is 3. The highest BCUT2D eigenvalue weighted by Crippen LogP contribution is 2.45. The van der Waals surface area contributed by atoms with Crippen LogP contribution >= 0.6 is 11.3 Å². The SMILES string of the molecule is CCOc1cc(C2C(=C(O)c3ccccc3)C(=O)C(=O)N2c2nc3ccc(F)cc3s2)ccc1O. The fourth-order valence-corrected chi connectivity index (χ4v) is 5.08. The Morgan fingerprint density at radius 3 is 2.63 bits per heavy atom. The number of amides is 1. The zero-order valence-electron chi connectivity index (χ0n) is 18.4. The molecule has 0 saturated carbocycles. The number of rotatable bonds is 5. The number of aliphatic hydroxyl groups is 1. The highest BCUT2D eigenvalue weighted by atomic mass is 32.1. The minimum atomic E-state index is -1.06. The van der Waals surface area contributed by atoms with E-state index in [9.17, 15) is 24.2 Å². The van der Waals surface area contributed by atoms with Crippen LogP contribution in [-0.2, 0) is 9.59 Å². The van der Waals surface area contributed by atoms with Crippen LogP contribution < -0.4 is 9.64 Å². The molecule has 0 bridgehead atoms. The van der Waals surface area contributed by atoms with Gasteiger partial charge in [-0.05, 0) is 42.8 Å². The molecule has 1 aliphatic rings. The third-order valence-electron chi connectivity index (χ3n) is 5.64. The zero-order valence-corrected chi connectivity index (χ0v) is 19.3. The molecule has 2 N–H and O–H groups in total. The number of ether oxygens (including phenoxy) is 1. The van der Waals surface area contributed by atoms with Gasteiger partial charge in [0, 0.05) is 5.56 Å². The standard InChI is InChI=1S/C26H19FN2O5S/c1-2-34-19-12-15(8-11-18(19)30)22-21(23(31)14-6-4-3-5-7-14)24(32)25(33)29(22)26-28-17-10-9-16(27)13-20(17)35-26/h3-13,22,30-31H,2H2,1H3. The maximum atomic E-state index is 13.8. The van der Waals surface area contributed by atoms with E-state index in [0.29, 0.717) is 21.3 Å². The third kappa shape index (κ3) is 3.89. The monoisotopic (exact) mass is 490 g/mol. The minimum Gasteiger partial charge on any atom is -0.507 e. The Kier molecular flexibility index (Phi) is 5.70. The molecular weight excluding hydrogens is 471 g/mol. The van der Waals surface area contributed by atoms with Crippen molar-refractivity contribution in [2.75, 3.05) is 11.5 Å². The van der Waals surface area contributed by atoms with Crippen molar-refractivity contribution in [3.05, 3.63) is 89.2 Å². The molecule has 1 amide bonds. The van der Waals surface area contributed by atoms with Crippen molar-refractivity contribution in [2.45, 2.75) is 13.0 Å². The van der Waals surface area contributed by atoms with Gasteiger partial charge in [-0.3, -0.25) is 14.5 Å². The number of hydrogen-bond acceptors (Lipinski definition) is 7. The number of nitrogens with zero attached hydrogens (tertiary/aromatic N) is 2. The lowest BCUT2D eigenvalue weighted by Crippen LogP contribution is -2.29. The molecule has 1 unspecified atom stereocenters. The largest absolute Gasteiger partial charge is 0.507 e. The van der Waals surface area contributed by atoms with Crippen LogP contribution in [0.5, 0.6) is 11.5 Å². The summed E-state index contributed by atoms with van der Waals surface area (Å²) in [5, 5.41) is 21.5. The van der Waals surface area contributed by atoms with E-state index in [1.54, 1.807) is 43.3 Å². The lowest BCUT2D eigenvalue weighted by Gasteiger charge is -2.23. The van der Waals surface area contributed by atoms with Crippen LogP contribution in [0.25, 0.3) is 16.0 Å². The van der Waals surface area contributed by atoms with Crippen molar-refractivity contribution in [1.29, 1.82) is 0 Å². The molecule has 3 aromatic carbocycles. The second-order valence-electron chi connectivity index (χ2n) is 7.80. The Labute approximate surface area is 203 Å². The first-order valence-corrected chi connectivity index (χ1v) is 11.6. The van der Waals surface area contributed by atoms with Crippen molar-refractivity contribution < 1.29 is 28.9 Å². The van der Waals surface area contributed by atoms with Gasteiger partial charge in [0.1, 0.15) is 11.6 Å². The molecule has 0 aliphatic carbocycles. The van der Waals surface area contributed by atoms with Crippen molar-refractivity contribution in [2.24, 2.45) is 0 Å². The molecule has 1 aromatic heterocycles. The Morgan fingerprint density at radius 1 is 1.11 bits per heavy atom. The van der Waals surface area contributed by atoms with Gasteiger partial charge in [-0.2, -0.15) is 0 Å². The number of phenolic OH excluding ortho intramolecular Hbond substituents is 1. The summed E-state index contributed by atoms with van der Waals surface area (Å²) >= 11 is 1.06. The second kappa shape index (κ2) is 8.84. The maximum Gasteiger partial charge on any atom is 0.301 e. The fourth-order valence-electron chi connectivity index (χ4n) is 4.06. The van der Waals surface area contributed by atoms with Crippen molar-refractivity contribution in [1.82, 2.24) is 4.98 Å². The van der Waals surface area contributed by atoms with Crippen LogP contribution in [0.4, 0.5) is 9.52 Å². The van der Waals surface area contributed by atoms with E-state index in [0.717, 1.165) is 11.3 Å². The highest BCUT2D eigenvalue weighted by molar-refractivity contribution is 7.22. The molecule has 0 radical (unpaired) electrons. The molecule has 7 nitrogen and oxygen atoms in total. The van der Waals surface area contributed by atoms with E-state index in [4.69, 9.17) is 4.74 Å². The van der Waals surface area contributed by atoms with Gasteiger partial charge < -0.3 is 14.9 Å². The molecule has 4 aromatic rings. The molecule has 5 rings (SSSR count). The lowest BCUT2D eigenvalue weighted by molar-refractivity contribution is -0.132. The zero-order chi connectivity index (χ0) is 24.7. The van der Waals surface area contributed by atoms with E-state index in [2.05, 4.69) is 4.98 Å². The number of ketones is 1. The summed E-state index contributed by atoms with van der Waals surface area (Å²) < 4.78 is 19.8. The number of hydrogen-bond donors (Lipinski definition) is 2. The van der Waals surface area contributed by atoms with Gasteiger partial charge in [0.2, 0.25) is 0 Å². The molecule has 1 atom stereocenters. The summed E-state index contributed by atoms with van der Waals surface area (Å²) in [5.74, 6) is -2.48. The Bertz CT molecular complexity index is 1500. The number of halogens is 1. The summed E-state index contributed by atoms with van der Waals surface area (Å²) in [6, 6.07) is 15.9. The van der Waals surface area contributed by atoms with Gasteiger partial charge in [-0.15, -0.1) is 0 Å². The maximum absolute atomic E-state index is 13.8. The predicted octanol–water partition coefficient (Wildman–Crippen LogP) is 5.17. The number of phenols is 1. The summed E-state index contributed by atoms with van der Waals surface area (Å²) in [7, 11) is 0. The van der Waals surface area contributed by atoms with Crippen molar-refractivity contribution in [3.8, 4) is 11.5 Å². The van der Waals surface area contributed by atoms with Crippen LogP contribution in [0.1, 0.15) is 24.1 Å². The van der Waals surface area contributed by atoms with E-state index in [1.165, 1.54) is 35.2 Å².